The Balaban J connectivity index is 2.63. The predicted molar refractivity (Wildman–Crippen MR) is 66.4 cm³/mol. The number of amides is 1. The highest BCUT2D eigenvalue weighted by Gasteiger charge is 2.20. The second-order valence-electron chi connectivity index (χ2n) is 5.37. The second kappa shape index (κ2) is 5.20. The maximum atomic E-state index is 11.7. The van der Waals surface area contributed by atoms with Crippen LogP contribution in [0.1, 0.15) is 43.9 Å². The Kier molecular flexibility index (Phi) is 4.11. The smallest absolute Gasteiger partial charge is 0.308 e. The highest BCUT2D eigenvalue weighted by molar-refractivity contribution is 5.92. The number of carboxylic acid groups (broad SMARTS) is 1. The van der Waals surface area contributed by atoms with Crippen molar-refractivity contribution < 1.29 is 14.7 Å². The molecule has 0 unspecified atom stereocenters. The van der Waals surface area contributed by atoms with Gasteiger partial charge in [-0.3, -0.25) is 14.7 Å². The zero-order valence-electron chi connectivity index (χ0n) is 11.1. The molecule has 1 atom stereocenters. The number of hydrogen-bond donors (Lipinski definition) is 3. The Labute approximate surface area is 106 Å². The number of hydrogen-bond acceptors (Lipinski definition) is 3. The minimum atomic E-state index is -0.937. The van der Waals surface area contributed by atoms with Crippen LogP contribution in [0.2, 0.25) is 0 Å². The van der Waals surface area contributed by atoms with Gasteiger partial charge in [-0.2, -0.15) is 5.10 Å². The van der Waals surface area contributed by atoms with Crippen molar-refractivity contribution in [1.82, 2.24) is 15.5 Å². The maximum absolute atomic E-state index is 11.7. The molecular weight excluding hydrogens is 234 g/mol. The fourth-order valence-electron chi connectivity index (χ4n) is 1.25. The molecule has 1 aromatic heterocycles. The fraction of sp³-hybridized carbons (Fsp3) is 0.583. The first-order valence-corrected chi connectivity index (χ1v) is 5.78. The molecule has 3 N–H and O–H groups in total. The Morgan fingerprint density at radius 3 is 2.56 bits per heavy atom. The molecule has 0 aliphatic heterocycles. The van der Waals surface area contributed by atoms with E-state index in [4.69, 9.17) is 5.11 Å². The van der Waals surface area contributed by atoms with E-state index in [0.29, 0.717) is 0 Å². The number of nitrogens with zero attached hydrogens (tertiary/aromatic N) is 1. The summed E-state index contributed by atoms with van der Waals surface area (Å²) in [5.41, 5.74) is 1.02. The molecule has 0 saturated carbocycles. The SMILES string of the molecule is C[C@@H](CNC(=O)c1cc(C(C)(C)C)[nH]n1)C(=O)O. The van der Waals surface area contributed by atoms with Crippen molar-refractivity contribution >= 4 is 11.9 Å². The van der Waals surface area contributed by atoms with Crippen molar-refractivity contribution in [3.63, 3.8) is 0 Å². The van der Waals surface area contributed by atoms with E-state index in [1.165, 1.54) is 6.92 Å². The van der Waals surface area contributed by atoms with Crippen molar-refractivity contribution in [3.05, 3.63) is 17.5 Å². The Hall–Kier alpha value is -1.85. The monoisotopic (exact) mass is 253 g/mol. The highest BCUT2D eigenvalue weighted by atomic mass is 16.4. The molecule has 1 amide bonds. The van der Waals surface area contributed by atoms with Crippen LogP contribution < -0.4 is 5.32 Å². The number of nitrogens with one attached hydrogen (secondary N) is 2. The Morgan fingerprint density at radius 1 is 1.50 bits per heavy atom. The minimum Gasteiger partial charge on any atom is -0.481 e. The third-order valence-electron chi connectivity index (χ3n) is 2.61. The second-order valence-corrected chi connectivity index (χ2v) is 5.37. The van der Waals surface area contributed by atoms with Crippen LogP contribution in [0.5, 0.6) is 0 Å². The average molecular weight is 253 g/mol. The Morgan fingerprint density at radius 2 is 2.11 bits per heavy atom. The van der Waals surface area contributed by atoms with Gasteiger partial charge in [0.25, 0.3) is 5.91 Å². The van der Waals surface area contributed by atoms with Gasteiger partial charge in [-0.25, -0.2) is 0 Å². The number of aliphatic carboxylic acids is 1. The quantitative estimate of drug-likeness (QED) is 0.750. The lowest BCUT2D eigenvalue weighted by Crippen LogP contribution is -2.31. The van der Waals surface area contributed by atoms with Crippen LogP contribution >= 0.6 is 0 Å². The minimum absolute atomic E-state index is 0.0892. The lowest BCUT2D eigenvalue weighted by atomic mass is 9.92. The van der Waals surface area contributed by atoms with E-state index in [0.717, 1.165) is 5.69 Å². The number of aromatic amines is 1. The molecular formula is C12H19N3O3. The van der Waals surface area contributed by atoms with Crippen molar-refractivity contribution in [2.24, 2.45) is 5.92 Å². The van der Waals surface area contributed by atoms with E-state index < -0.39 is 11.9 Å². The van der Waals surface area contributed by atoms with Gasteiger partial charge in [-0.15, -0.1) is 0 Å². The fourth-order valence-corrected chi connectivity index (χ4v) is 1.25. The van der Waals surface area contributed by atoms with Crippen LogP contribution in [-0.4, -0.2) is 33.7 Å². The highest BCUT2D eigenvalue weighted by Crippen LogP contribution is 2.20. The van der Waals surface area contributed by atoms with Crippen LogP contribution in [0, 0.1) is 5.92 Å². The molecule has 0 saturated heterocycles. The van der Waals surface area contributed by atoms with Crippen molar-refractivity contribution in [1.29, 1.82) is 0 Å². The number of carbonyl (C=O) groups is 2. The van der Waals surface area contributed by atoms with E-state index in [1.54, 1.807) is 6.07 Å². The van der Waals surface area contributed by atoms with Gasteiger partial charge in [0, 0.05) is 17.7 Å². The molecule has 6 nitrogen and oxygen atoms in total. The maximum Gasteiger partial charge on any atom is 0.308 e. The van der Waals surface area contributed by atoms with Gasteiger partial charge < -0.3 is 10.4 Å². The van der Waals surface area contributed by atoms with Crippen LogP contribution in [0.25, 0.3) is 0 Å². The number of rotatable bonds is 4. The van der Waals surface area contributed by atoms with E-state index in [2.05, 4.69) is 15.5 Å². The molecule has 6 heteroatoms. The van der Waals surface area contributed by atoms with Gasteiger partial charge in [0.15, 0.2) is 0 Å². The predicted octanol–water partition coefficient (Wildman–Crippen LogP) is 1.16. The topological polar surface area (TPSA) is 95.1 Å². The lowest BCUT2D eigenvalue weighted by molar-refractivity contribution is -0.140. The van der Waals surface area contributed by atoms with Crippen LogP contribution in [0.15, 0.2) is 6.07 Å². The first kappa shape index (κ1) is 14.2. The molecule has 1 aromatic rings. The summed E-state index contributed by atoms with van der Waals surface area (Å²) in [5, 5.41) is 18.0. The van der Waals surface area contributed by atoms with Gasteiger partial charge >= 0.3 is 5.97 Å². The third-order valence-corrected chi connectivity index (χ3v) is 2.61. The number of aromatic nitrogens is 2. The first-order valence-electron chi connectivity index (χ1n) is 5.78. The van der Waals surface area contributed by atoms with Crippen LogP contribution in [0.4, 0.5) is 0 Å². The third kappa shape index (κ3) is 3.58. The van der Waals surface area contributed by atoms with Gasteiger partial charge in [0.2, 0.25) is 0 Å². The standard InChI is InChI=1S/C12H19N3O3/c1-7(11(17)18)6-13-10(16)8-5-9(15-14-8)12(2,3)4/h5,7H,6H2,1-4H3,(H,13,16)(H,14,15)(H,17,18)/t7-/m0/s1. The molecule has 0 spiro atoms. The van der Waals surface area contributed by atoms with Gasteiger partial charge in [-0.05, 0) is 6.07 Å². The zero-order valence-corrected chi connectivity index (χ0v) is 11.1. The molecule has 1 heterocycles. The summed E-state index contributed by atoms with van der Waals surface area (Å²) in [6.07, 6.45) is 0. The number of carboxylic acids is 1. The van der Waals surface area contributed by atoms with E-state index in [-0.39, 0.29) is 23.6 Å². The zero-order chi connectivity index (χ0) is 13.9. The molecule has 18 heavy (non-hydrogen) atoms. The summed E-state index contributed by atoms with van der Waals surface area (Å²) in [6.45, 7) is 7.65. The van der Waals surface area contributed by atoms with Gasteiger partial charge in [-0.1, -0.05) is 27.7 Å². The first-order chi connectivity index (χ1) is 8.21. The molecule has 0 aromatic carbocycles. The average Bonchev–Trinajstić information content (AvgIpc) is 2.73. The summed E-state index contributed by atoms with van der Waals surface area (Å²) in [4.78, 5) is 22.3. The molecule has 0 radical (unpaired) electrons. The number of carbonyl (C=O) groups excluding carboxylic acids is 1. The van der Waals surface area contributed by atoms with E-state index in [1.807, 2.05) is 20.8 Å². The van der Waals surface area contributed by atoms with Crippen LogP contribution in [-0.2, 0) is 10.2 Å². The molecule has 0 bridgehead atoms. The molecule has 0 fully saturated rings. The van der Waals surface area contributed by atoms with Crippen molar-refractivity contribution in [3.8, 4) is 0 Å². The Bertz CT molecular complexity index is 446. The van der Waals surface area contributed by atoms with E-state index in [9.17, 15) is 9.59 Å². The number of H-pyrrole nitrogens is 1. The summed E-state index contributed by atoms with van der Waals surface area (Å²) >= 11 is 0. The summed E-state index contributed by atoms with van der Waals surface area (Å²) in [5.74, 6) is -1.92. The van der Waals surface area contributed by atoms with Gasteiger partial charge in [0.1, 0.15) is 5.69 Å². The molecule has 0 aliphatic rings. The normalized spacial score (nSPS) is 13.1. The summed E-state index contributed by atoms with van der Waals surface area (Å²) in [7, 11) is 0. The van der Waals surface area contributed by atoms with Crippen molar-refractivity contribution in [2.75, 3.05) is 6.54 Å². The molecule has 1 rings (SSSR count). The summed E-state index contributed by atoms with van der Waals surface area (Å²) in [6, 6.07) is 1.68. The lowest BCUT2D eigenvalue weighted by Gasteiger charge is -2.14. The largest absolute Gasteiger partial charge is 0.481 e. The summed E-state index contributed by atoms with van der Waals surface area (Å²) < 4.78 is 0. The van der Waals surface area contributed by atoms with E-state index >= 15 is 0 Å². The van der Waals surface area contributed by atoms with Crippen molar-refractivity contribution in [2.45, 2.75) is 33.1 Å². The molecule has 100 valence electrons. The molecule has 0 aliphatic carbocycles. The van der Waals surface area contributed by atoms with Gasteiger partial charge in [0.05, 0.1) is 5.92 Å². The van der Waals surface area contributed by atoms with Crippen LogP contribution in [0.3, 0.4) is 0 Å².